The number of unbranched alkanes of at least 4 members (excludes halogenated alkanes) is 1. The van der Waals surface area contributed by atoms with E-state index in [1.165, 1.54) is 0 Å². The molecule has 0 aromatic rings. The average molecular weight is 318 g/mol. The van der Waals surface area contributed by atoms with Gasteiger partial charge in [-0.05, 0) is 24.2 Å². The maximum absolute atomic E-state index is 11.5. The molecule has 0 rings (SSSR count). The zero-order valence-corrected chi connectivity index (χ0v) is 14.5. The first kappa shape index (κ1) is 20.7. The summed E-state index contributed by atoms with van der Waals surface area (Å²) in [7, 11) is 0. The van der Waals surface area contributed by atoms with E-state index in [1.54, 1.807) is 0 Å². The lowest BCUT2D eigenvalue weighted by atomic mass is 9.84. The molecule has 0 spiro atoms. The van der Waals surface area contributed by atoms with Gasteiger partial charge >= 0.3 is 12.1 Å². The predicted molar refractivity (Wildman–Crippen MR) is 82.1 cm³/mol. The Labute approximate surface area is 133 Å². The Kier molecular flexibility index (Phi) is 10.6. The SMILES string of the molecule is CCCCOCCOC(=O)OOC(=O)CC(C)CC(C)(C)C. The van der Waals surface area contributed by atoms with Crippen LogP contribution in [0.5, 0.6) is 0 Å². The molecule has 6 heteroatoms. The van der Waals surface area contributed by atoms with Crippen LogP contribution in [0.2, 0.25) is 0 Å². The van der Waals surface area contributed by atoms with Gasteiger partial charge in [-0.2, -0.15) is 4.79 Å². The van der Waals surface area contributed by atoms with Crippen molar-refractivity contribution in [2.24, 2.45) is 11.3 Å². The topological polar surface area (TPSA) is 71.1 Å². The highest BCUT2D eigenvalue weighted by Gasteiger charge is 2.20. The molecule has 0 bridgehead atoms. The normalized spacial score (nSPS) is 12.6. The van der Waals surface area contributed by atoms with E-state index in [1.807, 2.05) is 6.92 Å². The maximum atomic E-state index is 11.5. The van der Waals surface area contributed by atoms with E-state index in [0.717, 1.165) is 19.3 Å². The van der Waals surface area contributed by atoms with Crippen LogP contribution in [-0.4, -0.2) is 31.9 Å². The standard InChI is InChI=1S/C16H30O6/c1-6-7-8-19-9-10-20-15(18)22-21-14(17)11-13(2)12-16(3,4)5/h13H,6-12H2,1-5H3. The van der Waals surface area contributed by atoms with E-state index < -0.39 is 12.1 Å². The van der Waals surface area contributed by atoms with E-state index in [0.29, 0.717) is 13.2 Å². The summed E-state index contributed by atoms with van der Waals surface area (Å²) in [5.41, 5.74) is 0.136. The summed E-state index contributed by atoms with van der Waals surface area (Å²) in [6, 6.07) is 0. The van der Waals surface area contributed by atoms with Gasteiger partial charge in [0.25, 0.3) is 0 Å². The molecule has 0 aromatic heterocycles. The molecular weight excluding hydrogens is 288 g/mol. The van der Waals surface area contributed by atoms with Crippen LogP contribution in [0.4, 0.5) is 4.79 Å². The highest BCUT2D eigenvalue weighted by atomic mass is 17.2. The molecule has 0 aromatic carbocycles. The van der Waals surface area contributed by atoms with E-state index in [-0.39, 0.29) is 24.4 Å². The summed E-state index contributed by atoms with van der Waals surface area (Å²) in [4.78, 5) is 31.4. The molecule has 0 saturated carbocycles. The lowest BCUT2D eigenvalue weighted by Gasteiger charge is -2.22. The first-order chi connectivity index (χ1) is 10.2. The minimum atomic E-state index is -1.03. The molecule has 0 aliphatic rings. The molecule has 0 radical (unpaired) electrons. The minimum absolute atomic E-state index is 0.0700. The summed E-state index contributed by atoms with van der Waals surface area (Å²) in [5.74, 6) is -0.424. The molecular formula is C16H30O6. The van der Waals surface area contributed by atoms with Crippen LogP contribution in [0.1, 0.15) is 60.3 Å². The van der Waals surface area contributed by atoms with Gasteiger partial charge in [0.15, 0.2) is 0 Å². The van der Waals surface area contributed by atoms with E-state index in [4.69, 9.17) is 9.47 Å². The zero-order valence-electron chi connectivity index (χ0n) is 14.5. The molecule has 6 nitrogen and oxygen atoms in total. The maximum Gasteiger partial charge on any atom is 0.549 e. The third-order valence-corrected chi connectivity index (χ3v) is 2.77. The van der Waals surface area contributed by atoms with Crippen molar-refractivity contribution in [3.05, 3.63) is 0 Å². The van der Waals surface area contributed by atoms with Crippen molar-refractivity contribution in [3.8, 4) is 0 Å². The highest BCUT2D eigenvalue weighted by molar-refractivity contribution is 5.70. The Hall–Kier alpha value is -1.30. The number of rotatable bonds is 9. The molecule has 0 fully saturated rings. The van der Waals surface area contributed by atoms with Gasteiger partial charge < -0.3 is 9.47 Å². The minimum Gasteiger partial charge on any atom is -0.429 e. The lowest BCUT2D eigenvalue weighted by molar-refractivity contribution is -0.244. The predicted octanol–water partition coefficient (Wildman–Crippen LogP) is 3.88. The number of hydrogen-bond acceptors (Lipinski definition) is 6. The smallest absolute Gasteiger partial charge is 0.429 e. The van der Waals surface area contributed by atoms with Crippen molar-refractivity contribution in [3.63, 3.8) is 0 Å². The van der Waals surface area contributed by atoms with E-state index in [2.05, 4.69) is 37.5 Å². The first-order valence-electron chi connectivity index (χ1n) is 7.86. The molecule has 0 N–H and O–H groups in total. The van der Waals surface area contributed by atoms with Gasteiger partial charge in [0.2, 0.25) is 0 Å². The van der Waals surface area contributed by atoms with Crippen LogP contribution in [0, 0.1) is 11.3 Å². The van der Waals surface area contributed by atoms with Crippen LogP contribution < -0.4 is 0 Å². The summed E-state index contributed by atoms with van der Waals surface area (Å²) >= 11 is 0. The fourth-order valence-electron chi connectivity index (χ4n) is 2.07. The van der Waals surface area contributed by atoms with Crippen LogP contribution in [0.3, 0.4) is 0 Å². The number of carbonyl (C=O) groups excluding carboxylic acids is 2. The fourth-order valence-corrected chi connectivity index (χ4v) is 2.07. The largest absolute Gasteiger partial charge is 0.549 e. The monoisotopic (exact) mass is 318 g/mol. The third-order valence-electron chi connectivity index (χ3n) is 2.77. The molecule has 0 amide bonds. The zero-order chi connectivity index (χ0) is 17.0. The second-order valence-corrected chi connectivity index (χ2v) is 6.68. The second-order valence-electron chi connectivity index (χ2n) is 6.68. The van der Waals surface area contributed by atoms with Crippen LogP contribution in [0.25, 0.3) is 0 Å². The summed E-state index contributed by atoms with van der Waals surface area (Å²) in [6.07, 6.45) is 2.06. The van der Waals surface area contributed by atoms with E-state index >= 15 is 0 Å². The lowest BCUT2D eigenvalue weighted by Crippen LogP contribution is -2.18. The van der Waals surface area contributed by atoms with Gasteiger partial charge in [-0.1, -0.05) is 41.0 Å². The summed E-state index contributed by atoms with van der Waals surface area (Å²) in [6.45, 7) is 11.3. The Balaban J connectivity index is 3.66. The first-order valence-corrected chi connectivity index (χ1v) is 7.86. The van der Waals surface area contributed by atoms with Gasteiger partial charge in [-0.25, -0.2) is 14.6 Å². The molecule has 0 aliphatic carbocycles. The van der Waals surface area contributed by atoms with Gasteiger partial charge in [-0.15, -0.1) is 0 Å². The number of hydrogen-bond donors (Lipinski definition) is 0. The molecule has 0 saturated heterocycles. The molecule has 130 valence electrons. The quantitative estimate of drug-likeness (QED) is 0.278. The van der Waals surface area contributed by atoms with Crippen LogP contribution in [-0.2, 0) is 24.0 Å². The number of carbonyl (C=O) groups is 2. The summed E-state index contributed by atoms with van der Waals surface area (Å²) < 4.78 is 9.90. The molecule has 0 aliphatic heterocycles. The Morgan fingerprint density at radius 1 is 1.05 bits per heavy atom. The van der Waals surface area contributed by atoms with Crippen molar-refractivity contribution in [2.45, 2.75) is 60.3 Å². The second kappa shape index (κ2) is 11.3. The van der Waals surface area contributed by atoms with Gasteiger partial charge in [-0.3, -0.25) is 0 Å². The van der Waals surface area contributed by atoms with Crippen molar-refractivity contribution in [1.29, 1.82) is 0 Å². The third kappa shape index (κ3) is 13.7. The van der Waals surface area contributed by atoms with Crippen molar-refractivity contribution in [2.75, 3.05) is 19.8 Å². The Bertz CT molecular complexity index is 321. The van der Waals surface area contributed by atoms with Gasteiger partial charge in [0.1, 0.15) is 6.61 Å². The van der Waals surface area contributed by atoms with Crippen molar-refractivity contribution >= 4 is 12.1 Å². The fraction of sp³-hybridized carbons (Fsp3) is 0.875. The Morgan fingerprint density at radius 2 is 1.73 bits per heavy atom. The average Bonchev–Trinajstić information content (AvgIpc) is 2.38. The molecule has 22 heavy (non-hydrogen) atoms. The molecule has 0 heterocycles. The van der Waals surface area contributed by atoms with Gasteiger partial charge in [0, 0.05) is 6.61 Å². The number of ether oxygens (including phenoxy) is 2. The van der Waals surface area contributed by atoms with Gasteiger partial charge in [0.05, 0.1) is 13.0 Å². The van der Waals surface area contributed by atoms with E-state index in [9.17, 15) is 9.59 Å². The summed E-state index contributed by atoms with van der Waals surface area (Å²) in [5, 5.41) is 0. The molecule has 1 atom stereocenters. The highest BCUT2D eigenvalue weighted by Crippen LogP contribution is 2.26. The van der Waals surface area contributed by atoms with Crippen molar-refractivity contribution < 1.29 is 28.8 Å². The van der Waals surface area contributed by atoms with Crippen molar-refractivity contribution in [1.82, 2.24) is 0 Å². The molecule has 1 unspecified atom stereocenters. The van der Waals surface area contributed by atoms with Crippen LogP contribution in [0.15, 0.2) is 0 Å². The Morgan fingerprint density at radius 3 is 2.32 bits per heavy atom. The van der Waals surface area contributed by atoms with Crippen LogP contribution >= 0.6 is 0 Å².